The number of benzene rings is 2. The van der Waals surface area contributed by atoms with Gasteiger partial charge in [-0.25, -0.2) is 9.88 Å². The van der Waals surface area contributed by atoms with Crippen LogP contribution in [0.5, 0.6) is 0 Å². The number of carbonyl (C=O) groups excluding carboxylic acids is 3. The molecule has 0 bridgehead atoms. The highest BCUT2D eigenvalue weighted by atomic mass is 32.1. The Hall–Kier alpha value is -3.06. The van der Waals surface area contributed by atoms with Gasteiger partial charge in [0.25, 0.3) is 5.91 Å². The largest absolute Gasteiger partial charge is 0.305 e. The van der Waals surface area contributed by atoms with E-state index in [4.69, 9.17) is 0 Å². The Morgan fingerprint density at radius 1 is 1.11 bits per heavy atom. The Morgan fingerprint density at radius 3 is 2.64 bits per heavy atom. The van der Waals surface area contributed by atoms with Gasteiger partial charge >= 0.3 is 0 Å². The average Bonchev–Trinajstić information content (AvgIpc) is 3.34. The summed E-state index contributed by atoms with van der Waals surface area (Å²) in [5, 5.41) is 0.381. The van der Waals surface area contributed by atoms with Crippen LogP contribution in [0.4, 0.5) is 10.8 Å². The molecule has 3 amide bonds. The van der Waals surface area contributed by atoms with Gasteiger partial charge < -0.3 is 4.90 Å². The van der Waals surface area contributed by atoms with Gasteiger partial charge in [0, 0.05) is 30.1 Å². The molecule has 140 valence electrons. The second-order valence-corrected chi connectivity index (χ2v) is 8.17. The van der Waals surface area contributed by atoms with E-state index in [-0.39, 0.29) is 36.6 Å². The molecule has 6 nitrogen and oxygen atoms in total. The van der Waals surface area contributed by atoms with E-state index in [1.807, 2.05) is 30.0 Å². The number of thiazole rings is 1. The second kappa shape index (κ2) is 6.24. The standard InChI is InChI=1S/C21H17N3O3S/c1-12-10-13-4-2-3-5-16(13)23(12)20(27)14-6-7-15-17(11-14)28-21(22-15)24-18(25)8-9-19(24)26/h2-7,11-12H,8-10H2,1H3/t12-/m0/s1. The molecule has 1 aromatic heterocycles. The number of imide groups is 1. The van der Waals surface area contributed by atoms with E-state index >= 15 is 0 Å². The predicted molar refractivity (Wildman–Crippen MR) is 108 cm³/mol. The Morgan fingerprint density at radius 2 is 1.86 bits per heavy atom. The predicted octanol–water partition coefficient (Wildman–Crippen LogP) is 3.54. The summed E-state index contributed by atoms with van der Waals surface area (Å²) in [6.07, 6.45) is 1.30. The number of hydrogen-bond acceptors (Lipinski definition) is 5. The first-order valence-electron chi connectivity index (χ1n) is 9.21. The van der Waals surface area contributed by atoms with Crippen molar-refractivity contribution in [1.29, 1.82) is 0 Å². The summed E-state index contributed by atoms with van der Waals surface area (Å²) in [6.45, 7) is 2.05. The van der Waals surface area contributed by atoms with E-state index in [2.05, 4.69) is 11.1 Å². The molecule has 2 aromatic carbocycles. The highest BCUT2D eigenvalue weighted by Gasteiger charge is 2.33. The van der Waals surface area contributed by atoms with E-state index in [9.17, 15) is 14.4 Å². The molecule has 2 aliphatic rings. The minimum Gasteiger partial charge on any atom is -0.305 e. The molecule has 1 atom stereocenters. The Kier molecular flexibility index (Phi) is 3.80. The maximum atomic E-state index is 13.2. The summed E-state index contributed by atoms with van der Waals surface area (Å²) in [4.78, 5) is 44.6. The van der Waals surface area contributed by atoms with Crippen molar-refractivity contribution in [2.24, 2.45) is 0 Å². The zero-order valence-electron chi connectivity index (χ0n) is 15.2. The number of rotatable bonds is 2. The number of para-hydroxylation sites is 1. The highest BCUT2D eigenvalue weighted by Crippen LogP contribution is 2.35. The molecule has 1 fully saturated rings. The fraction of sp³-hybridized carbons (Fsp3) is 0.238. The lowest BCUT2D eigenvalue weighted by Crippen LogP contribution is -2.35. The van der Waals surface area contributed by atoms with Crippen molar-refractivity contribution in [2.45, 2.75) is 32.2 Å². The fourth-order valence-electron chi connectivity index (χ4n) is 3.95. The van der Waals surface area contributed by atoms with Crippen molar-refractivity contribution in [3.8, 4) is 0 Å². The molecule has 0 unspecified atom stereocenters. The number of fused-ring (bicyclic) bond motifs is 2. The fourth-order valence-corrected chi connectivity index (χ4v) is 4.98. The number of nitrogens with zero attached hydrogens (tertiary/aromatic N) is 3. The normalized spacial score (nSPS) is 19.0. The molecule has 0 N–H and O–H groups in total. The van der Waals surface area contributed by atoms with Gasteiger partial charge in [0.2, 0.25) is 11.8 Å². The van der Waals surface area contributed by atoms with E-state index < -0.39 is 0 Å². The average molecular weight is 391 g/mol. The summed E-state index contributed by atoms with van der Waals surface area (Å²) in [5.74, 6) is -0.492. The van der Waals surface area contributed by atoms with Crippen molar-refractivity contribution in [2.75, 3.05) is 9.80 Å². The summed E-state index contributed by atoms with van der Waals surface area (Å²) in [5.41, 5.74) is 3.39. The van der Waals surface area contributed by atoms with E-state index in [0.29, 0.717) is 16.2 Å². The minimum atomic E-state index is -0.220. The SMILES string of the molecule is C[C@H]1Cc2ccccc2N1C(=O)c1ccc2nc(N3C(=O)CCC3=O)sc2c1. The van der Waals surface area contributed by atoms with Crippen LogP contribution in [0.3, 0.4) is 0 Å². The Balaban J connectivity index is 1.51. The molecule has 28 heavy (non-hydrogen) atoms. The molecule has 5 rings (SSSR count). The molecule has 3 aromatic rings. The van der Waals surface area contributed by atoms with Crippen LogP contribution in [-0.2, 0) is 16.0 Å². The van der Waals surface area contributed by atoms with Gasteiger partial charge in [0.05, 0.1) is 10.2 Å². The minimum absolute atomic E-state index is 0.0531. The molecular formula is C21H17N3O3S. The number of hydrogen-bond donors (Lipinski definition) is 0. The van der Waals surface area contributed by atoms with Gasteiger partial charge in [0.1, 0.15) is 0 Å². The second-order valence-electron chi connectivity index (χ2n) is 7.16. The summed E-state index contributed by atoms with van der Waals surface area (Å²) >= 11 is 1.26. The van der Waals surface area contributed by atoms with Gasteiger partial charge in [-0.3, -0.25) is 14.4 Å². The molecule has 0 radical (unpaired) electrons. The van der Waals surface area contributed by atoms with E-state index in [1.165, 1.54) is 16.9 Å². The number of carbonyl (C=O) groups is 3. The van der Waals surface area contributed by atoms with Crippen molar-refractivity contribution in [1.82, 2.24) is 4.98 Å². The van der Waals surface area contributed by atoms with E-state index in [1.54, 1.807) is 18.2 Å². The number of aromatic nitrogens is 1. The zero-order chi connectivity index (χ0) is 19.4. The molecule has 0 saturated carbocycles. The van der Waals surface area contributed by atoms with Gasteiger partial charge in [-0.1, -0.05) is 29.5 Å². The lowest BCUT2D eigenvalue weighted by atomic mass is 10.1. The van der Waals surface area contributed by atoms with Crippen LogP contribution in [-0.4, -0.2) is 28.7 Å². The van der Waals surface area contributed by atoms with Crippen LogP contribution >= 0.6 is 11.3 Å². The summed E-state index contributed by atoms with van der Waals surface area (Å²) < 4.78 is 0.786. The smallest absolute Gasteiger partial charge is 0.258 e. The van der Waals surface area contributed by atoms with Gasteiger partial charge in [-0.05, 0) is 43.2 Å². The lowest BCUT2D eigenvalue weighted by molar-refractivity contribution is -0.121. The molecular weight excluding hydrogens is 374 g/mol. The Bertz CT molecular complexity index is 1140. The molecule has 0 spiro atoms. The number of anilines is 2. The third-order valence-electron chi connectivity index (χ3n) is 5.29. The maximum absolute atomic E-state index is 13.2. The first-order valence-corrected chi connectivity index (χ1v) is 10.0. The topological polar surface area (TPSA) is 70.6 Å². The van der Waals surface area contributed by atoms with Crippen LogP contribution in [0.25, 0.3) is 10.2 Å². The third-order valence-corrected chi connectivity index (χ3v) is 6.30. The van der Waals surface area contributed by atoms with Crippen molar-refractivity contribution < 1.29 is 14.4 Å². The van der Waals surface area contributed by atoms with Crippen LogP contribution in [0.1, 0.15) is 35.7 Å². The van der Waals surface area contributed by atoms with Crippen LogP contribution in [0.15, 0.2) is 42.5 Å². The zero-order valence-corrected chi connectivity index (χ0v) is 16.0. The quantitative estimate of drug-likeness (QED) is 0.627. The summed E-state index contributed by atoms with van der Waals surface area (Å²) in [7, 11) is 0. The number of amides is 3. The first kappa shape index (κ1) is 17.1. The summed E-state index contributed by atoms with van der Waals surface area (Å²) in [6, 6.07) is 13.4. The van der Waals surface area contributed by atoms with Gasteiger partial charge in [-0.2, -0.15) is 0 Å². The van der Waals surface area contributed by atoms with Crippen LogP contribution < -0.4 is 9.80 Å². The molecule has 0 aliphatic carbocycles. The third kappa shape index (κ3) is 2.54. The van der Waals surface area contributed by atoms with Crippen molar-refractivity contribution >= 4 is 50.1 Å². The Labute approximate surface area is 165 Å². The lowest BCUT2D eigenvalue weighted by Gasteiger charge is -2.22. The maximum Gasteiger partial charge on any atom is 0.258 e. The van der Waals surface area contributed by atoms with Crippen molar-refractivity contribution in [3.63, 3.8) is 0 Å². The van der Waals surface area contributed by atoms with Gasteiger partial charge in [0.15, 0.2) is 5.13 Å². The van der Waals surface area contributed by atoms with Gasteiger partial charge in [-0.15, -0.1) is 0 Å². The monoisotopic (exact) mass is 391 g/mol. The molecule has 7 heteroatoms. The first-order chi connectivity index (χ1) is 13.5. The van der Waals surface area contributed by atoms with Crippen LogP contribution in [0, 0.1) is 0 Å². The van der Waals surface area contributed by atoms with E-state index in [0.717, 1.165) is 21.7 Å². The highest BCUT2D eigenvalue weighted by molar-refractivity contribution is 7.22. The van der Waals surface area contributed by atoms with Crippen LogP contribution in [0.2, 0.25) is 0 Å². The molecule has 1 saturated heterocycles. The molecule has 3 heterocycles. The molecule has 2 aliphatic heterocycles. The van der Waals surface area contributed by atoms with Crippen molar-refractivity contribution in [3.05, 3.63) is 53.6 Å².